The lowest BCUT2D eigenvalue weighted by molar-refractivity contribution is -0.114. The fourth-order valence-corrected chi connectivity index (χ4v) is 1.43. The summed E-state index contributed by atoms with van der Waals surface area (Å²) in [7, 11) is 0. The first-order valence-corrected chi connectivity index (χ1v) is 5.35. The number of nitrogens with zero attached hydrogens (tertiary/aromatic N) is 3. The van der Waals surface area contributed by atoms with Crippen molar-refractivity contribution in [2.45, 2.75) is 6.92 Å². The minimum absolute atomic E-state index is 0.0524. The van der Waals surface area contributed by atoms with Gasteiger partial charge in [-0.15, -0.1) is 0 Å². The number of rotatable bonds is 3. The van der Waals surface area contributed by atoms with E-state index in [0.29, 0.717) is 11.1 Å². The maximum atomic E-state index is 10.8. The number of carbonyl (C=O) groups excluding carboxylic acids is 1. The van der Waals surface area contributed by atoms with Gasteiger partial charge in [0, 0.05) is 31.1 Å². The fourth-order valence-electron chi connectivity index (χ4n) is 1.43. The molecule has 0 aliphatic rings. The van der Waals surface area contributed by atoms with E-state index in [4.69, 9.17) is 5.11 Å². The normalized spacial score (nSPS) is 9.95. The lowest BCUT2D eigenvalue weighted by atomic mass is 10.1. The van der Waals surface area contributed by atoms with Crippen LogP contribution in [0, 0.1) is 0 Å². The van der Waals surface area contributed by atoms with Crippen LogP contribution in [0.5, 0.6) is 0 Å². The Morgan fingerprint density at radius 2 is 1.84 bits per heavy atom. The summed E-state index contributed by atoms with van der Waals surface area (Å²) in [4.78, 5) is 33.3. The molecule has 0 saturated carbocycles. The predicted octanol–water partition coefficient (Wildman–Crippen LogP) is 1.20. The van der Waals surface area contributed by atoms with E-state index >= 15 is 0 Å². The molecule has 0 aromatic carbocycles. The minimum Gasteiger partial charge on any atom is -0.477 e. The van der Waals surface area contributed by atoms with E-state index in [0.717, 1.165) is 0 Å². The number of amides is 1. The number of hydrogen-bond donors (Lipinski definition) is 2. The Kier molecular flexibility index (Phi) is 3.46. The first-order chi connectivity index (χ1) is 9.06. The molecule has 0 aliphatic heterocycles. The highest BCUT2D eigenvalue weighted by molar-refractivity contribution is 5.87. The Labute approximate surface area is 108 Å². The quantitative estimate of drug-likeness (QED) is 0.856. The van der Waals surface area contributed by atoms with E-state index in [9.17, 15) is 9.59 Å². The summed E-state index contributed by atoms with van der Waals surface area (Å²) < 4.78 is 0. The minimum atomic E-state index is -1.10. The van der Waals surface area contributed by atoms with E-state index in [-0.39, 0.29) is 17.5 Å². The third kappa shape index (κ3) is 3.09. The van der Waals surface area contributed by atoms with Crippen molar-refractivity contribution in [3.05, 3.63) is 36.4 Å². The van der Waals surface area contributed by atoms with Crippen LogP contribution in [0.15, 0.2) is 30.7 Å². The second-order valence-corrected chi connectivity index (χ2v) is 3.71. The van der Waals surface area contributed by atoms with Crippen LogP contribution in [-0.4, -0.2) is 31.9 Å². The van der Waals surface area contributed by atoms with Crippen molar-refractivity contribution in [3.8, 4) is 11.1 Å². The van der Waals surface area contributed by atoms with Crippen LogP contribution in [0.4, 0.5) is 5.95 Å². The molecule has 2 aromatic heterocycles. The highest BCUT2D eigenvalue weighted by Crippen LogP contribution is 2.18. The number of pyridine rings is 1. The molecule has 2 rings (SSSR count). The molecule has 2 aromatic rings. The lowest BCUT2D eigenvalue weighted by Gasteiger charge is -2.03. The summed E-state index contributed by atoms with van der Waals surface area (Å²) in [5.41, 5.74) is 1.23. The Morgan fingerprint density at radius 1 is 1.16 bits per heavy atom. The largest absolute Gasteiger partial charge is 0.477 e. The van der Waals surface area contributed by atoms with Gasteiger partial charge in [-0.05, 0) is 17.7 Å². The molecule has 0 unspecified atom stereocenters. The third-order valence-electron chi connectivity index (χ3n) is 2.25. The van der Waals surface area contributed by atoms with Crippen molar-refractivity contribution in [1.82, 2.24) is 15.0 Å². The molecule has 7 nitrogen and oxygen atoms in total. The van der Waals surface area contributed by atoms with Crippen LogP contribution in [0.25, 0.3) is 11.1 Å². The number of anilines is 1. The third-order valence-corrected chi connectivity index (χ3v) is 2.25. The van der Waals surface area contributed by atoms with Gasteiger partial charge in [-0.3, -0.25) is 10.1 Å². The average Bonchev–Trinajstić information content (AvgIpc) is 2.39. The molecule has 2 N–H and O–H groups in total. The first kappa shape index (κ1) is 12.6. The van der Waals surface area contributed by atoms with Gasteiger partial charge in [0.25, 0.3) is 0 Å². The molecule has 7 heteroatoms. The summed E-state index contributed by atoms with van der Waals surface area (Å²) in [5, 5.41) is 11.3. The van der Waals surface area contributed by atoms with E-state index in [1.165, 1.54) is 31.6 Å². The van der Waals surface area contributed by atoms with Crippen LogP contribution in [0.1, 0.15) is 17.4 Å². The van der Waals surface area contributed by atoms with Crippen LogP contribution in [-0.2, 0) is 4.79 Å². The van der Waals surface area contributed by atoms with Crippen LogP contribution >= 0.6 is 0 Å². The van der Waals surface area contributed by atoms with Gasteiger partial charge in [0.1, 0.15) is 5.69 Å². The van der Waals surface area contributed by atoms with Gasteiger partial charge in [0.15, 0.2) is 0 Å². The SMILES string of the molecule is CC(=O)Nc1ncc(-c2ccnc(C(=O)O)c2)cn1. The maximum Gasteiger partial charge on any atom is 0.354 e. The zero-order valence-electron chi connectivity index (χ0n) is 9.99. The number of aromatic carboxylic acids is 1. The molecule has 0 spiro atoms. The van der Waals surface area contributed by atoms with Gasteiger partial charge < -0.3 is 5.11 Å². The molecule has 0 radical (unpaired) electrons. The van der Waals surface area contributed by atoms with E-state index in [2.05, 4.69) is 20.3 Å². The van der Waals surface area contributed by atoms with Crippen molar-refractivity contribution in [1.29, 1.82) is 0 Å². The molecule has 2 heterocycles. The Balaban J connectivity index is 2.29. The zero-order valence-corrected chi connectivity index (χ0v) is 9.99. The zero-order chi connectivity index (χ0) is 13.8. The molecule has 0 atom stereocenters. The van der Waals surface area contributed by atoms with Gasteiger partial charge in [0.05, 0.1) is 0 Å². The van der Waals surface area contributed by atoms with Crippen molar-refractivity contribution in [2.24, 2.45) is 0 Å². The number of carbonyl (C=O) groups is 2. The number of nitrogens with one attached hydrogen (secondary N) is 1. The van der Waals surface area contributed by atoms with Crippen LogP contribution in [0.3, 0.4) is 0 Å². The number of aromatic nitrogens is 3. The maximum absolute atomic E-state index is 10.8. The Bertz CT molecular complexity index is 625. The van der Waals surface area contributed by atoms with Crippen LogP contribution < -0.4 is 5.32 Å². The van der Waals surface area contributed by atoms with Gasteiger partial charge in [0.2, 0.25) is 11.9 Å². The molecule has 96 valence electrons. The van der Waals surface area contributed by atoms with E-state index < -0.39 is 5.97 Å². The Hall–Kier alpha value is -2.83. The standard InChI is InChI=1S/C12H10N4O3/c1-7(17)16-12-14-5-9(6-15-12)8-2-3-13-10(4-8)11(18)19/h2-6H,1H3,(H,18,19)(H,14,15,16,17). The number of hydrogen-bond acceptors (Lipinski definition) is 5. The monoisotopic (exact) mass is 258 g/mol. The summed E-state index contributed by atoms with van der Waals surface area (Å²) in [5.74, 6) is -1.16. The van der Waals surface area contributed by atoms with Gasteiger partial charge in [-0.2, -0.15) is 0 Å². The molecule has 19 heavy (non-hydrogen) atoms. The second kappa shape index (κ2) is 5.21. The molecular weight excluding hydrogens is 248 g/mol. The fraction of sp³-hybridized carbons (Fsp3) is 0.0833. The van der Waals surface area contributed by atoms with Crippen molar-refractivity contribution < 1.29 is 14.7 Å². The Morgan fingerprint density at radius 3 is 2.42 bits per heavy atom. The summed E-state index contributed by atoms with van der Waals surface area (Å²) >= 11 is 0. The van der Waals surface area contributed by atoms with E-state index in [1.807, 2.05) is 0 Å². The predicted molar refractivity (Wildman–Crippen MR) is 66.5 cm³/mol. The lowest BCUT2D eigenvalue weighted by Crippen LogP contribution is -2.08. The summed E-state index contributed by atoms with van der Waals surface area (Å²) in [6.45, 7) is 1.36. The molecule has 1 amide bonds. The first-order valence-electron chi connectivity index (χ1n) is 5.35. The molecular formula is C12H10N4O3. The van der Waals surface area contributed by atoms with Crippen molar-refractivity contribution in [3.63, 3.8) is 0 Å². The topological polar surface area (TPSA) is 105 Å². The van der Waals surface area contributed by atoms with Crippen LogP contribution in [0.2, 0.25) is 0 Å². The molecule has 0 saturated heterocycles. The number of carboxylic acid groups (broad SMARTS) is 1. The van der Waals surface area contributed by atoms with Crippen molar-refractivity contribution in [2.75, 3.05) is 5.32 Å². The van der Waals surface area contributed by atoms with Gasteiger partial charge >= 0.3 is 5.97 Å². The summed E-state index contributed by atoms with van der Waals surface area (Å²) in [6, 6.07) is 3.09. The summed E-state index contributed by atoms with van der Waals surface area (Å²) in [6.07, 6.45) is 4.40. The smallest absolute Gasteiger partial charge is 0.354 e. The molecule has 0 bridgehead atoms. The average molecular weight is 258 g/mol. The van der Waals surface area contributed by atoms with E-state index in [1.54, 1.807) is 6.07 Å². The van der Waals surface area contributed by atoms with Gasteiger partial charge in [-0.1, -0.05) is 0 Å². The number of carboxylic acids is 1. The van der Waals surface area contributed by atoms with Crippen molar-refractivity contribution >= 4 is 17.8 Å². The highest BCUT2D eigenvalue weighted by Gasteiger charge is 2.07. The van der Waals surface area contributed by atoms with Gasteiger partial charge in [-0.25, -0.2) is 19.7 Å². The second-order valence-electron chi connectivity index (χ2n) is 3.71. The molecule has 0 fully saturated rings. The molecule has 0 aliphatic carbocycles. The highest BCUT2D eigenvalue weighted by atomic mass is 16.4.